The van der Waals surface area contributed by atoms with E-state index in [9.17, 15) is 4.79 Å². The molecular formula is C30H33N3O2. The zero-order valence-electron chi connectivity index (χ0n) is 21.0. The summed E-state index contributed by atoms with van der Waals surface area (Å²) in [6, 6.07) is 23.2. The van der Waals surface area contributed by atoms with E-state index in [1.54, 1.807) is 0 Å². The first-order valence-electron chi connectivity index (χ1n) is 12.3. The van der Waals surface area contributed by atoms with Gasteiger partial charge in [-0.3, -0.25) is 0 Å². The second kappa shape index (κ2) is 9.49. The molecule has 0 N–H and O–H groups in total. The van der Waals surface area contributed by atoms with Gasteiger partial charge in [0.15, 0.2) is 0 Å². The summed E-state index contributed by atoms with van der Waals surface area (Å²) in [4.78, 5) is 19.3. The molecule has 1 saturated heterocycles. The zero-order chi connectivity index (χ0) is 24.5. The maximum absolute atomic E-state index is 12.7. The first-order valence-corrected chi connectivity index (χ1v) is 12.3. The molecule has 1 atom stereocenters. The van der Waals surface area contributed by atoms with Gasteiger partial charge in [-0.25, -0.2) is 4.79 Å². The van der Waals surface area contributed by atoms with Crippen LogP contribution in [0, 0.1) is 0 Å². The molecule has 1 fully saturated rings. The molecule has 2 heterocycles. The lowest BCUT2D eigenvalue weighted by Gasteiger charge is -2.19. The van der Waals surface area contributed by atoms with Gasteiger partial charge in [0.25, 0.3) is 0 Å². The first kappa shape index (κ1) is 23.0. The van der Waals surface area contributed by atoms with E-state index in [4.69, 9.17) is 4.74 Å². The van der Waals surface area contributed by atoms with Crippen LogP contribution in [-0.2, 0) is 4.74 Å². The number of nitrogens with zero attached hydrogens (tertiary/aromatic N) is 3. The molecule has 0 radical (unpaired) electrons. The van der Waals surface area contributed by atoms with Crippen molar-refractivity contribution in [2.75, 3.05) is 56.0 Å². The van der Waals surface area contributed by atoms with Crippen LogP contribution in [0.25, 0.3) is 5.57 Å². The molecule has 35 heavy (non-hydrogen) atoms. The third kappa shape index (κ3) is 4.63. The SMILES string of the molecule is CN(C)c1ccc(C(=CC2OC(=O)c3ccc(N4CCCC4)cc32)c2ccc(N(C)C)cc2)cc1. The molecule has 3 aromatic rings. The largest absolute Gasteiger partial charge is 0.450 e. The second-order valence-electron chi connectivity index (χ2n) is 9.75. The number of benzene rings is 3. The number of carbonyl (C=O) groups is 1. The maximum Gasteiger partial charge on any atom is 0.339 e. The Morgan fingerprint density at radius 2 is 1.37 bits per heavy atom. The van der Waals surface area contributed by atoms with Crippen LogP contribution < -0.4 is 14.7 Å². The number of hydrogen-bond acceptors (Lipinski definition) is 5. The highest BCUT2D eigenvalue weighted by molar-refractivity contribution is 5.95. The summed E-state index contributed by atoms with van der Waals surface area (Å²) in [5.41, 5.74) is 8.31. The third-order valence-electron chi connectivity index (χ3n) is 6.97. The molecule has 1 unspecified atom stereocenters. The first-order chi connectivity index (χ1) is 16.9. The number of fused-ring (bicyclic) bond motifs is 1. The normalized spacial score (nSPS) is 16.6. The summed E-state index contributed by atoms with van der Waals surface area (Å²) >= 11 is 0. The summed E-state index contributed by atoms with van der Waals surface area (Å²) in [5.74, 6) is -0.250. The standard InChI is InChI=1S/C30H33N3O2/c1-31(2)23-11-7-21(8-12-23)27(22-9-13-24(14-10-22)32(3)4)20-29-28-19-25(33-17-5-6-18-33)15-16-26(28)30(34)35-29/h7-16,19-20,29H,5-6,17-18H2,1-4H3. The van der Waals surface area contributed by atoms with E-state index in [1.165, 1.54) is 18.5 Å². The monoisotopic (exact) mass is 467 g/mol. The average molecular weight is 468 g/mol. The van der Waals surface area contributed by atoms with Crippen LogP contribution >= 0.6 is 0 Å². The Labute approximate surface area is 208 Å². The summed E-state index contributed by atoms with van der Waals surface area (Å²) in [5, 5.41) is 0. The molecule has 5 heteroatoms. The van der Waals surface area contributed by atoms with Crippen molar-refractivity contribution in [2.24, 2.45) is 0 Å². The van der Waals surface area contributed by atoms with Crippen molar-refractivity contribution in [3.63, 3.8) is 0 Å². The lowest BCUT2D eigenvalue weighted by atomic mass is 9.93. The Bertz CT molecular complexity index is 1180. The smallest absolute Gasteiger partial charge is 0.339 e. The Kier molecular flexibility index (Phi) is 6.25. The van der Waals surface area contributed by atoms with E-state index in [0.29, 0.717) is 5.56 Å². The summed E-state index contributed by atoms with van der Waals surface area (Å²) in [6.07, 6.45) is 4.11. The number of rotatable bonds is 6. The lowest BCUT2D eigenvalue weighted by Crippen LogP contribution is -2.17. The molecule has 0 saturated carbocycles. The fourth-order valence-corrected chi connectivity index (χ4v) is 4.90. The highest BCUT2D eigenvalue weighted by Gasteiger charge is 2.31. The molecule has 5 rings (SSSR count). The van der Waals surface area contributed by atoms with E-state index < -0.39 is 6.10 Å². The van der Waals surface area contributed by atoms with E-state index in [2.05, 4.69) is 81.4 Å². The van der Waals surface area contributed by atoms with E-state index >= 15 is 0 Å². The van der Waals surface area contributed by atoms with Crippen molar-refractivity contribution < 1.29 is 9.53 Å². The van der Waals surface area contributed by atoms with Crippen molar-refractivity contribution in [3.8, 4) is 0 Å². The molecule has 0 aromatic heterocycles. The van der Waals surface area contributed by atoms with Gasteiger partial charge in [-0.15, -0.1) is 0 Å². The van der Waals surface area contributed by atoms with Gasteiger partial charge in [0.1, 0.15) is 6.10 Å². The fraction of sp³-hybridized carbons (Fsp3) is 0.300. The molecule has 180 valence electrons. The Hall–Kier alpha value is -3.73. The molecule has 5 nitrogen and oxygen atoms in total. The van der Waals surface area contributed by atoms with Crippen molar-refractivity contribution in [1.82, 2.24) is 0 Å². The molecule has 0 bridgehead atoms. The van der Waals surface area contributed by atoms with Gasteiger partial charge in [-0.2, -0.15) is 0 Å². The maximum atomic E-state index is 12.7. The van der Waals surface area contributed by atoms with Gasteiger partial charge in [-0.05, 0) is 78.1 Å². The zero-order valence-corrected chi connectivity index (χ0v) is 21.0. The van der Waals surface area contributed by atoms with E-state index in [0.717, 1.165) is 46.7 Å². The van der Waals surface area contributed by atoms with Crippen LogP contribution in [0.15, 0.2) is 72.8 Å². The van der Waals surface area contributed by atoms with Gasteiger partial charge in [-0.1, -0.05) is 24.3 Å². The molecule has 2 aliphatic heterocycles. The minimum atomic E-state index is -0.419. The summed E-state index contributed by atoms with van der Waals surface area (Å²) < 4.78 is 5.90. The predicted octanol–water partition coefficient (Wildman–Crippen LogP) is 5.76. The molecule has 0 amide bonds. The Morgan fingerprint density at radius 3 is 1.89 bits per heavy atom. The number of ether oxygens (including phenoxy) is 1. The predicted molar refractivity (Wildman–Crippen MR) is 145 cm³/mol. The van der Waals surface area contributed by atoms with Crippen molar-refractivity contribution in [3.05, 3.63) is 95.1 Å². The summed E-state index contributed by atoms with van der Waals surface area (Å²) in [6.45, 7) is 2.13. The Balaban J connectivity index is 1.57. The highest BCUT2D eigenvalue weighted by Crippen LogP contribution is 2.38. The number of carbonyl (C=O) groups excluding carboxylic acids is 1. The number of cyclic esters (lactones) is 1. The molecule has 3 aromatic carbocycles. The molecule has 2 aliphatic rings. The van der Waals surface area contributed by atoms with Crippen LogP contribution in [-0.4, -0.2) is 47.2 Å². The van der Waals surface area contributed by atoms with Crippen molar-refractivity contribution >= 4 is 28.6 Å². The van der Waals surface area contributed by atoms with Crippen LogP contribution in [0.1, 0.15) is 46.0 Å². The molecular weight excluding hydrogens is 434 g/mol. The minimum absolute atomic E-state index is 0.250. The average Bonchev–Trinajstić information content (AvgIpc) is 3.51. The highest BCUT2D eigenvalue weighted by atomic mass is 16.5. The van der Waals surface area contributed by atoms with Crippen LogP contribution in [0.3, 0.4) is 0 Å². The quantitative estimate of drug-likeness (QED) is 0.431. The fourth-order valence-electron chi connectivity index (χ4n) is 4.90. The Morgan fingerprint density at radius 1 is 0.829 bits per heavy atom. The van der Waals surface area contributed by atoms with Gasteiger partial charge in [0, 0.05) is 63.9 Å². The van der Waals surface area contributed by atoms with Crippen molar-refractivity contribution in [2.45, 2.75) is 18.9 Å². The van der Waals surface area contributed by atoms with Gasteiger partial charge < -0.3 is 19.4 Å². The topological polar surface area (TPSA) is 36.0 Å². The number of hydrogen-bond donors (Lipinski definition) is 0. The van der Waals surface area contributed by atoms with Crippen LogP contribution in [0.5, 0.6) is 0 Å². The number of esters is 1. The van der Waals surface area contributed by atoms with E-state index in [1.807, 2.05) is 34.3 Å². The lowest BCUT2D eigenvalue weighted by molar-refractivity contribution is 0.0468. The van der Waals surface area contributed by atoms with Gasteiger partial charge in [0.2, 0.25) is 0 Å². The van der Waals surface area contributed by atoms with Crippen LogP contribution in [0.2, 0.25) is 0 Å². The second-order valence-corrected chi connectivity index (χ2v) is 9.75. The third-order valence-corrected chi connectivity index (χ3v) is 6.97. The van der Waals surface area contributed by atoms with Crippen molar-refractivity contribution in [1.29, 1.82) is 0 Å². The van der Waals surface area contributed by atoms with E-state index in [-0.39, 0.29) is 5.97 Å². The van der Waals surface area contributed by atoms with Crippen LogP contribution in [0.4, 0.5) is 17.1 Å². The summed E-state index contributed by atoms with van der Waals surface area (Å²) in [7, 11) is 8.16. The minimum Gasteiger partial charge on any atom is -0.450 e. The molecule has 0 spiro atoms. The molecule has 0 aliphatic carbocycles. The number of anilines is 3. The van der Waals surface area contributed by atoms with Gasteiger partial charge >= 0.3 is 5.97 Å². The van der Waals surface area contributed by atoms with Gasteiger partial charge in [0.05, 0.1) is 5.56 Å².